The Morgan fingerprint density at radius 2 is 1.93 bits per heavy atom. The number of aromatic carboxylic acids is 1. The van der Waals surface area contributed by atoms with Crippen molar-refractivity contribution in [1.82, 2.24) is 0 Å². The van der Waals surface area contributed by atoms with E-state index >= 15 is 0 Å². The van der Waals surface area contributed by atoms with Gasteiger partial charge in [0.05, 0.1) is 22.5 Å². The van der Waals surface area contributed by atoms with Crippen molar-refractivity contribution in [1.29, 1.82) is 0 Å². The number of hydrogen-bond acceptors (Lipinski definition) is 4. The quantitative estimate of drug-likeness (QED) is 0.823. The molecule has 1 aliphatic heterocycles. The fraction of sp³-hybridized carbons (Fsp3) is 0.190. The lowest BCUT2D eigenvalue weighted by Crippen LogP contribution is -2.21. The van der Waals surface area contributed by atoms with Gasteiger partial charge >= 0.3 is 5.97 Å². The molecule has 1 heterocycles. The topological polar surface area (TPSA) is 73.2 Å². The molecule has 0 saturated heterocycles. The molecule has 6 nitrogen and oxygen atoms in total. The van der Waals surface area contributed by atoms with Gasteiger partial charge in [-0.15, -0.1) is 0 Å². The van der Waals surface area contributed by atoms with Crippen molar-refractivity contribution >= 4 is 35.0 Å². The van der Waals surface area contributed by atoms with Gasteiger partial charge in [-0.25, -0.2) is 4.79 Å². The SMILES string of the molecule is CCN(C)c1ccc(C=C2C(=O)N(c3cccc(C(=O)O)c3)N=C2C)cc1. The van der Waals surface area contributed by atoms with Gasteiger partial charge in [0.2, 0.25) is 0 Å². The third kappa shape index (κ3) is 3.74. The lowest BCUT2D eigenvalue weighted by molar-refractivity contribution is -0.114. The molecule has 1 aliphatic rings. The highest BCUT2D eigenvalue weighted by Crippen LogP contribution is 2.26. The number of carboxylic acid groups (broad SMARTS) is 1. The summed E-state index contributed by atoms with van der Waals surface area (Å²) in [7, 11) is 2.02. The monoisotopic (exact) mass is 363 g/mol. The summed E-state index contributed by atoms with van der Waals surface area (Å²) in [4.78, 5) is 26.1. The van der Waals surface area contributed by atoms with E-state index in [1.54, 1.807) is 25.1 Å². The Kier molecular flexibility index (Phi) is 5.07. The van der Waals surface area contributed by atoms with Gasteiger partial charge in [0, 0.05) is 19.3 Å². The van der Waals surface area contributed by atoms with Gasteiger partial charge in [0.25, 0.3) is 5.91 Å². The third-order valence-corrected chi connectivity index (χ3v) is 4.52. The number of carbonyl (C=O) groups is 2. The number of anilines is 2. The molecule has 1 N–H and O–H groups in total. The summed E-state index contributed by atoms with van der Waals surface area (Å²) in [5, 5.41) is 14.7. The van der Waals surface area contributed by atoms with E-state index < -0.39 is 5.97 Å². The highest BCUT2D eigenvalue weighted by Gasteiger charge is 2.29. The van der Waals surface area contributed by atoms with Crippen molar-refractivity contribution in [3.63, 3.8) is 0 Å². The number of carbonyl (C=O) groups excluding carboxylic acids is 1. The zero-order valence-electron chi connectivity index (χ0n) is 15.5. The summed E-state index contributed by atoms with van der Waals surface area (Å²) in [6, 6.07) is 14.1. The minimum absolute atomic E-state index is 0.112. The summed E-state index contributed by atoms with van der Waals surface area (Å²) in [6.07, 6.45) is 1.80. The van der Waals surface area contributed by atoms with E-state index in [4.69, 9.17) is 5.11 Å². The molecule has 0 aliphatic carbocycles. The molecule has 0 atom stereocenters. The first-order valence-electron chi connectivity index (χ1n) is 8.67. The van der Waals surface area contributed by atoms with E-state index in [1.165, 1.54) is 17.1 Å². The van der Waals surface area contributed by atoms with Crippen LogP contribution in [0.15, 0.2) is 59.2 Å². The lowest BCUT2D eigenvalue weighted by Gasteiger charge is -2.16. The van der Waals surface area contributed by atoms with Gasteiger partial charge < -0.3 is 10.0 Å². The zero-order valence-corrected chi connectivity index (χ0v) is 15.5. The molecular weight excluding hydrogens is 342 g/mol. The first-order valence-corrected chi connectivity index (χ1v) is 8.67. The van der Waals surface area contributed by atoms with E-state index in [0.717, 1.165) is 17.8 Å². The molecule has 6 heteroatoms. The smallest absolute Gasteiger partial charge is 0.335 e. The highest BCUT2D eigenvalue weighted by molar-refractivity contribution is 6.32. The number of carboxylic acids is 1. The number of rotatable bonds is 5. The van der Waals surface area contributed by atoms with E-state index in [0.29, 0.717) is 17.0 Å². The van der Waals surface area contributed by atoms with Crippen LogP contribution in [0.4, 0.5) is 11.4 Å². The van der Waals surface area contributed by atoms with Gasteiger partial charge in [0.1, 0.15) is 0 Å². The molecular formula is C21H21N3O3. The Bertz CT molecular complexity index is 945. The number of benzene rings is 2. The second kappa shape index (κ2) is 7.45. The molecule has 0 saturated carbocycles. The highest BCUT2D eigenvalue weighted by atomic mass is 16.4. The average Bonchev–Trinajstić information content (AvgIpc) is 2.96. The van der Waals surface area contributed by atoms with E-state index in [-0.39, 0.29) is 11.5 Å². The van der Waals surface area contributed by atoms with Crippen LogP contribution < -0.4 is 9.91 Å². The van der Waals surface area contributed by atoms with Gasteiger partial charge in [-0.2, -0.15) is 10.1 Å². The molecule has 3 rings (SSSR count). The van der Waals surface area contributed by atoms with Gasteiger partial charge in [0.15, 0.2) is 0 Å². The van der Waals surface area contributed by atoms with Crippen LogP contribution in [0.1, 0.15) is 29.8 Å². The van der Waals surface area contributed by atoms with Crippen molar-refractivity contribution in [2.24, 2.45) is 5.10 Å². The van der Waals surface area contributed by atoms with Crippen LogP contribution in [0.5, 0.6) is 0 Å². The molecule has 0 radical (unpaired) electrons. The van der Waals surface area contributed by atoms with Gasteiger partial charge in [-0.3, -0.25) is 4.79 Å². The van der Waals surface area contributed by atoms with Gasteiger partial charge in [-0.05, 0) is 55.8 Å². The zero-order chi connectivity index (χ0) is 19.6. The van der Waals surface area contributed by atoms with E-state index in [2.05, 4.69) is 16.9 Å². The molecule has 2 aromatic rings. The van der Waals surface area contributed by atoms with Crippen LogP contribution >= 0.6 is 0 Å². The standard InChI is InChI=1S/C21H21N3O3/c1-4-23(3)17-10-8-15(9-11-17)12-19-14(2)22-24(20(19)25)18-7-5-6-16(13-18)21(26)27/h5-13H,4H2,1-3H3,(H,26,27). The average molecular weight is 363 g/mol. The summed E-state index contributed by atoms with van der Waals surface area (Å²) >= 11 is 0. The number of hydrogen-bond donors (Lipinski definition) is 1. The van der Waals surface area contributed by atoms with Gasteiger partial charge in [-0.1, -0.05) is 18.2 Å². The predicted octanol–water partition coefficient (Wildman–Crippen LogP) is 3.65. The van der Waals surface area contributed by atoms with Crippen LogP contribution in [0.2, 0.25) is 0 Å². The first-order chi connectivity index (χ1) is 12.9. The maximum Gasteiger partial charge on any atom is 0.335 e. The molecule has 138 valence electrons. The predicted molar refractivity (Wildman–Crippen MR) is 107 cm³/mol. The van der Waals surface area contributed by atoms with E-state index in [1.807, 2.05) is 31.3 Å². The van der Waals surface area contributed by atoms with Crippen molar-refractivity contribution in [2.75, 3.05) is 23.5 Å². The summed E-state index contributed by atoms with van der Waals surface area (Å²) in [6.45, 7) is 4.76. The first kappa shape index (κ1) is 18.4. The minimum Gasteiger partial charge on any atom is -0.478 e. The molecule has 2 aromatic carbocycles. The Hall–Kier alpha value is -3.41. The van der Waals surface area contributed by atoms with Crippen LogP contribution in [0.25, 0.3) is 6.08 Å². The normalized spacial score (nSPS) is 15.2. The molecule has 0 aromatic heterocycles. The van der Waals surface area contributed by atoms with Crippen molar-refractivity contribution in [3.8, 4) is 0 Å². The fourth-order valence-corrected chi connectivity index (χ4v) is 2.80. The number of nitrogens with zero attached hydrogens (tertiary/aromatic N) is 3. The Morgan fingerprint density at radius 3 is 2.56 bits per heavy atom. The van der Waals surface area contributed by atoms with Crippen molar-refractivity contribution in [2.45, 2.75) is 13.8 Å². The number of hydrazone groups is 1. The molecule has 0 spiro atoms. The van der Waals surface area contributed by atoms with Crippen LogP contribution in [-0.4, -0.2) is 36.3 Å². The molecule has 1 amide bonds. The largest absolute Gasteiger partial charge is 0.478 e. The van der Waals surface area contributed by atoms with Crippen LogP contribution in [-0.2, 0) is 4.79 Å². The Labute approximate surface area is 158 Å². The van der Waals surface area contributed by atoms with Crippen LogP contribution in [0, 0.1) is 0 Å². The molecule has 0 unspecified atom stereocenters. The van der Waals surface area contributed by atoms with E-state index in [9.17, 15) is 9.59 Å². The minimum atomic E-state index is -1.04. The molecule has 0 bridgehead atoms. The second-order valence-corrected chi connectivity index (χ2v) is 6.32. The maximum absolute atomic E-state index is 12.8. The second-order valence-electron chi connectivity index (χ2n) is 6.32. The summed E-state index contributed by atoms with van der Waals surface area (Å²) in [5.74, 6) is -1.32. The van der Waals surface area contributed by atoms with Crippen molar-refractivity contribution < 1.29 is 14.7 Å². The maximum atomic E-state index is 12.8. The molecule has 27 heavy (non-hydrogen) atoms. The van der Waals surface area contributed by atoms with Crippen LogP contribution in [0.3, 0.4) is 0 Å². The summed E-state index contributed by atoms with van der Waals surface area (Å²) < 4.78 is 0. The third-order valence-electron chi connectivity index (χ3n) is 4.52. The lowest BCUT2D eigenvalue weighted by atomic mass is 10.1. The summed E-state index contributed by atoms with van der Waals surface area (Å²) in [5.41, 5.74) is 3.64. The number of amides is 1. The Balaban J connectivity index is 1.88. The molecule has 0 fully saturated rings. The van der Waals surface area contributed by atoms with Crippen molar-refractivity contribution in [3.05, 3.63) is 65.2 Å². The fourth-order valence-electron chi connectivity index (χ4n) is 2.80. The Morgan fingerprint density at radius 1 is 1.22 bits per heavy atom.